The lowest BCUT2D eigenvalue weighted by Gasteiger charge is -2.24. The van der Waals surface area contributed by atoms with E-state index in [9.17, 15) is 10.1 Å². The minimum absolute atomic E-state index is 0.367. The molecule has 0 amide bonds. The fourth-order valence-electron chi connectivity index (χ4n) is 3.59. The molecule has 4 rings (SSSR count). The normalized spacial score (nSPS) is 15.2. The van der Waals surface area contributed by atoms with Gasteiger partial charge in [0.15, 0.2) is 0 Å². The number of aromatic nitrogens is 1. The predicted molar refractivity (Wildman–Crippen MR) is 96.6 cm³/mol. The zero-order valence-electron chi connectivity index (χ0n) is 13.8. The van der Waals surface area contributed by atoms with Crippen LogP contribution in [0.4, 0.5) is 0 Å². The Labute approximate surface area is 146 Å². The van der Waals surface area contributed by atoms with E-state index < -0.39 is 0 Å². The summed E-state index contributed by atoms with van der Waals surface area (Å²) in [6.07, 6.45) is 4.97. The summed E-state index contributed by atoms with van der Waals surface area (Å²) in [7, 11) is 0. The maximum Gasteiger partial charge on any atom is 0.150 e. The molecule has 0 radical (unpaired) electrons. The van der Waals surface area contributed by atoms with Gasteiger partial charge in [0.1, 0.15) is 6.29 Å². The van der Waals surface area contributed by atoms with Crippen LogP contribution < -0.4 is 0 Å². The molecular formula is C21H18N2O2. The van der Waals surface area contributed by atoms with E-state index in [1.54, 1.807) is 0 Å². The molecule has 0 unspecified atom stereocenters. The Kier molecular flexibility index (Phi) is 4.09. The number of nitriles is 1. The molecule has 2 heterocycles. The van der Waals surface area contributed by atoms with Gasteiger partial charge in [-0.1, -0.05) is 24.3 Å². The summed E-state index contributed by atoms with van der Waals surface area (Å²) in [4.78, 5) is 11.2. The molecule has 25 heavy (non-hydrogen) atoms. The lowest BCUT2D eigenvalue weighted by molar-refractivity contribution is 0.0707. The first-order valence-electron chi connectivity index (χ1n) is 8.48. The maximum atomic E-state index is 11.2. The molecule has 0 N–H and O–H groups in total. The second-order valence-corrected chi connectivity index (χ2v) is 6.38. The van der Waals surface area contributed by atoms with Crippen molar-refractivity contribution >= 4 is 17.2 Å². The van der Waals surface area contributed by atoms with Crippen molar-refractivity contribution in [3.8, 4) is 17.2 Å². The van der Waals surface area contributed by atoms with Crippen molar-refractivity contribution in [2.45, 2.75) is 18.9 Å². The summed E-state index contributed by atoms with van der Waals surface area (Å²) < 4.78 is 7.77. The van der Waals surface area contributed by atoms with Crippen molar-refractivity contribution in [2.75, 3.05) is 13.2 Å². The summed E-state index contributed by atoms with van der Waals surface area (Å²) in [6, 6.07) is 16.0. The minimum atomic E-state index is 0.367. The van der Waals surface area contributed by atoms with E-state index >= 15 is 0 Å². The maximum absolute atomic E-state index is 11.2. The number of benzene rings is 2. The highest BCUT2D eigenvalue weighted by Crippen LogP contribution is 2.35. The Morgan fingerprint density at radius 3 is 2.76 bits per heavy atom. The van der Waals surface area contributed by atoms with Gasteiger partial charge in [0.25, 0.3) is 0 Å². The number of ether oxygens (including phenoxy) is 1. The van der Waals surface area contributed by atoms with Crippen molar-refractivity contribution < 1.29 is 9.53 Å². The number of carbonyl (C=O) groups excluding carboxylic acids is 1. The molecule has 124 valence electrons. The van der Waals surface area contributed by atoms with E-state index in [1.807, 2.05) is 42.5 Å². The summed E-state index contributed by atoms with van der Waals surface area (Å²) in [5, 5.41) is 10.3. The van der Waals surface area contributed by atoms with Gasteiger partial charge >= 0.3 is 0 Å². The van der Waals surface area contributed by atoms with Gasteiger partial charge in [0.05, 0.1) is 11.6 Å². The first-order chi connectivity index (χ1) is 12.3. The van der Waals surface area contributed by atoms with E-state index in [0.717, 1.165) is 54.4 Å². The highest BCUT2D eigenvalue weighted by atomic mass is 16.5. The molecule has 1 saturated heterocycles. The number of hydrogen-bond donors (Lipinski definition) is 0. The van der Waals surface area contributed by atoms with Crippen molar-refractivity contribution in [3.05, 3.63) is 59.8 Å². The van der Waals surface area contributed by atoms with E-state index in [4.69, 9.17) is 4.74 Å². The zero-order valence-corrected chi connectivity index (χ0v) is 13.8. The van der Waals surface area contributed by atoms with Gasteiger partial charge in [0.2, 0.25) is 0 Å². The number of aldehydes is 1. The van der Waals surface area contributed by atoms with Crippen molar-refractivity contribution in [1.29, 1.82) is 5.26 Å². The standard InChI is InChI=1S/C21H18N2O2/c22-12-15-2-1-3-17(10-15)20-13-23(18-6-8-25-9-7-18)21-11-16(14-24)4-5-19(20)21/h1-5,10-11,13-14,18H,6-9H2. The summed E-state index contributed by atoms with van der Waals surface area (Å²) in [5.41, 5.74) is 4.50. The van der Waals surface area contributed by atoms with Gasteiger partial charge in [-0.2, -0.15) is 5.26 Å². The number of nitrogens with zero attached hydrogens (tertiary/aromatic N) is 2. The fourth-order valence-corrected chi connectivity index (χ4v) is 3.59. The quantitative estimate of drug-likeness (QED) is 0.671. The van der Waals surface area contributed by atoms with Crippen LogP contribution >= 0.6 is 0 Å². The zero-order chi connectivity index (χ0) is 17.2. The monoisotopic (exact) mass is 330 g/mol. The number of fused-ring (bicyclic) bond motifs is 1. The largest absolute Gasteiger partial charge is 0.381 e. The Morgan fingerprint density at radius 1 is 1.16 bits per heavy atom. The SMILES string of the molecule is N#Cc1cccc(-c2cn(C3CCOCC3)c3cc(C=O)ccc23)c1. The molecule has 3 aromatic rings. The van der Waals surface area contributed by atoms with Gasteiger partial charge in [-0.15, -0.1) is 0 Å². The van der Waals surface area contributed by atoms with Crippen LogP contribution in [0.3, 0.4) is 0 Å². The van der Waals surface area contributed by atoms with Crippen LogP contribution in [-0.2, 0) is 4.74 Å². The Morgan fingerprint density at radius 2 is 2.00 bits per heavy atom. The highest BCUT2D eigenvalue weighted by Gasteiger charge is 2.20. The van der Waals surface area contributed by atoms with Crippen LogP contribution in [-0.4, -0.2) is 24.1 Å². The second kappa shape index (κ2) is 6.54. The van der Waals surface area contributed by atoms with E-state index in [1.165, 1.54) is 0 Å². The van der Waals surface area contributed by atoms with Crippen molar-refractivity contribution in [2.24, 2.45) is 0 Å². The molecule has 0 atom stereocenters. The van der Waals surface area contributed by atoms with Crippen LogP contribution in [0.1, 0.15) is 34.8 Å². The molecule has 1 aliphatic heterocycles. The molecule has 1 aromatic heterocycles. The van der Waals surface area contributed by atoms with Gasteiger partial charge in [0, 0.05) is 47.5 Å². The molecule has 1 aliphatic rings. The van der Waals surface area contributed by atoms with Gasteiger partial charge < -0.3 is 9.30 Å². The molecule has 0 spiro atoms. The third-order valence-electron chi connectivity index (χ3n) is 4.88. The van der Waals surface area contributed by atoms with Crippen molar-refractivity contribution in [3.63, 3.8) is 0 Å². The summed E-state index contributed by atoms with van der Waals surface area (Å²) in [6.45, 7) is 1.52. The molecular weight excluding hydrogens is 312 g/mol. The first kappa shape index (κ1) is 15.6. The predicted octanol–water partition coefficient (Wildman–Crippen LogP) is 4.34. The van der Waals surface area contributed by atoms with E-state index in [-0.39, 0.29) is 0 Å². The number of carbonyl (C=O) groups is 1. The topological polar surface area (TPSA) is 55.0 Å². The molecule has 4 nitrogen and oxygen atoms in total. The average Bonchev–Trinajstić information content (AvgIpc) is 3.07. The number of rotatable bonds is 3. The van der Waals surface area contributed by atoms with E-state index in [2.05, 4.69) is 16.8 Å². The smallest absolute Gasteiger partial charge is 0.150 e. The van der Waals surface area contributed by atoms with Crippen LogP contribution in [0.5, 0.6) is 0 Å². The van der Waals surface area contributed by atoms with Crippen LogP contribution in [0.15, 0.2) is 48.7 Å². The van der Waals surface area contributed by atoms with Crippen LogP contribution in [0, 0.1) is 11.3 Å². The third kappa shape index (κ3) is 2.84. The lowest BCUT2D eigenvalue weighted by atomic mass is 10.0. The average molecular weight is 330 g/mol. The molecule has 0 bridgehead atoms. The van der Waals surface area contributed by atoms with Crippen LogP contribution in [0.25, 0.3) is 22.0 Å². The lowest BCUT2D eigenvalue weighted by Crippen LogP contribution is -2.18. The summed E-state index contributed by atoms with van der Waals surface area (Å²) in [5.74, 6) is 0. The highest BCUT2D eigenvalue weighted by molar-refractivity contribution is 5.98. The van der Waals surface area contributed by atoms with E-state index in [0.29, 0.717) is 17.2 Å². The van der Waals surface area contributed by atoms with Gasteiger partial charge in [-0.25, -0.2) is 0 Å². The number of hydrogen-bond acceptors (Lipinski definition) is 3. The van der Waals surface area contributed by atoms with Gasteiger partial charge in [-0.05, 0) is 36.6 Å². The van der Waals surface area contributed by atoms with Crippen LogP contribution in [0.2, 0.25) is 0 Å². The molecule has 0 aliphatic carbocycles. The molecule has 1 fully saturated rings. The second-order valence-electron chi connectivity index (χ2n) is 6.38. The Bertz CT molecular complexity index is 975. The fraction of sp³-hybridized carbons (Fsp3) is 0.238. The molecule has 4 heteroatoms. The first-order valence-corrected chi connectivity index (χ1v) is 8.48. The van der Waals surface area contributed by atoms with Gasteiger partial charge in [-0.3, -0.25) is 4.79 Å². The Balaban J connectivity index is 1.92. The summed E-state index contributed by atoms with van der Waals surface area (Å²) >= 11 is 0. The Hall–Kier alpha value is -2.90. The molecule has 0 saturated carbocycles. The molecule has 2 aromatic carbocycles. The minimum Gasteiger partial charge on any atom is -0.381 e. The third-order valence-corrected chi connectivity index (χ3v) is 4.88. The van der Waals surface area contributed by atoms with Crippen molar-refractivity contribution in [1.82, 2.24) is 4.57 Å².